The molecule has 0 saturated heterocycles. The molecule has 0 N–H and O–H groups in total. The molecule has 0 fully saturated rings. The zero-order valence-corrected chi connectivity index (χ0v) is 14.2. The van der Waals surface area contributed by atoms with Gasteiger partial charge in [0.25, 0.3) is 0 Å². The Labute approximate surface area is 128 Å². The number of benzene rings is 2. The standard InChI is InChI=1S/C17H16O3Se/c1-9-10(2)16(20-4)17-13(15(9)19-3)14(18)11-7-5-6-8-12(11)21-17/h5-8H,1-4H3. The zero-order valence-electron chi connectivity index (χ0n) is 12.4. The molecule has 2 aromatic carbocycles. The molecule has 0 aliphatic carbocycles. The third-order valence-electron chi connectivity index (χ3n) is 3.88. The van der Waals surface area contributed by atoms with Gasteiger partial charge in [0.15, 0.2) is 0 Å². The summed E-state index contributed by atoms with van der Waals surface area (Å²) in [6.45, 7) is 3.98. The molecule has 4 heteroatoms. The van der Waals surface area contributed by atoms with Crippen LogP contribution in [0.2, 0.25) is 0 Å². The van der Waals surface area contributed by atoms with Crippen molar-refractivity contribution in [2.45, 2.75) is 13.8 Å². The van der Waals surface area contributed by atoms with Gasteiger partial charge in [0, 0.05) is 0 Å². The van der Waals surface area contributed by atoms with Crippen LogP contribution in [0.4, 0.5) is 0 Å². The molecule has 0 radical (unpaired) electrons. The Morgan fingerprint density at radius 3 is 2.24 bits per heavy atom. The van der Waals surface area contributed by atoms with Gasteiger partial charge in [-0.2, -0.15) is 0 Å². The molecule has 0 amide bonds. The number of rotatable bonds is 2. The minimum atomic E-state index is 0.0342. The molecule has 0 saturated carbocycles. The van der Waals surface area contributed by atoms with Gasteiger partial charge in [0.2, 0.25) is 0 Å². The molecular weight excluding hydrogens is 331 g/mol. The number of hydrogen-bond donors (Lipinski definition) is 0. The van der Waals surface area contributed by atoms with Gasteiger partial charge in [-0.05, 0) is 0 Å². The summed E-state index contributed by atoms with van der Waals surface area (Å²) in [5, 5.41) is 1.46. The van der Waals surface area contributed by atoms with Crippen LogP contribution in [-0.2, 0) is 0 Å². The Morgan fingerprint density at radius 1 is 0.952 bits per heavy atom. The fourth-order valence-electron chi connectivity index (χ4n) is 2.71. The maximum atomic E-state index is 12.9. The van der Waals surface area contributed by atoms with Crippen LogP contribution in [0.15, 0.2) is 29.1 Å². The van der Waals surface area contributed by atoms with E-state index in [1.807, 2.05) is 38.1 Å². The van der Waals surface area contributed by atoms with E-state index in [4.69, 9.17) is 9.47 Å². The van der Waals surface area contributed by atoms with Crippen LogP contribution in [0.1, 0.15) is 11.1 Å². The molecule has 21 heavy (non-hydrogen) atoms. The van der Waals surface area contributed by atoms with Crippen molar-refractivity contribution in [1.82, 2.24) is 0 Å². The summed E-state index contributed by atoms with van der Waals surface area (Å²) in [5.74, 6) is 1.51. The minimum absolute atomic E-state index is 0.0342. The van der Waals surface area contributed by atoms with Crippen molar-refractivity contribution < 1.29 is 9.47 Å². The van der Waals surface area contributed by atoms with E-state index in [0.717, 1.165) is 30.8 Å². The van der Waals surface area contributed by atoms with Gasteiger partial charge in [0.1, 0.15) is 0 Å². The molecular formula is C17H16O3Se. The van der Waals surface area contributed by atoms with Crippen molar-refractivity contribution in [2.24, 2.45) is 0 Å². The number of ether oxygens (including phenoxy) is 2. The Bertz CT molecular complexity index is 909. The average molecular weight is 347 g/mol. The van der Waals surface area contributed by atoms with Crippen LogP contribution < -0.4 is 14.9 Å². The first-order valence-corrected chi connectivity index (χ1v) is 8.38. The molecule has 0 aliphatic rings. The summed E-state index contributed by atoms with van der Waals surface area (Å²) in [7, 11) is 3.28. The van der Waals surface area contributed by atoms with E-state index in [0.29, 0.717) is 11.1 Å². The Hall–Kier alpha value is -1.77. The van der Waals surface area contributed by atoms with E-state index in [1.54, 1.807) is 14.2 Å². The van der Waals surface area contributed by atoms with E-state index in [9.17, 15) is 4.79 Å². The van der Waals surface area contributed by atoms with E-state index < -0.39 is 0 Å². The first-order valence-electron chi connectivity index (χ1n) is 6.66. The second kappa shape index (κ2) is 5.21. The molecule has 1 aromatic heterocycles. The number of hydrogen-bond acceptors (Lipinski definition) is 3. The van der Waals surface area contributed by atoms with E-state index in [-0.39, 0.29) is 19.9 Å². The van der Waals surface area contributed by atoms with Gasteiger partial charge >= 0.3 is 128 Å². The normalized spacial score (nSPS) is 11.0. The maximum absolute atomic E-state index is 12.9. The third kappa shape index (κ3) is 1.98. The molecule has 0 atom stereocenters. The van der Waals surface area contributed by atoms with Crippen molar-refractivity contribution in [3.8, 4) is 11.5 Å². The first kappa shape index (κ1) is 14.2. The molecule has 3 rings (SSSR count). The van der Waals surface area contributed by atoms with Gasteiger partial charge in [-0.1, -0.05) is 0 Å². The Morgan fingerprint density at radius 2 is 1.57 bits per heavy atom. The average Bonchev–Trinajstić information content (AvgIpc) is 2.50. The summed E-state index contributed by atoms with van der Waals surface area (Å²) >= 11 is 0.0386. The van der Waals surface area contributed by atoms with E-state index >= 15 is 0 Å². The fourth-order valence-corrected chi connectivity index (χ4v) is 5.34. The zero-order chi connectivity index (χ0) is 15.1. The molecule has 0 bridgehead atoms. The molecule has 0 aliphatic heterocycles. The van der Waals surface area contributed by atoms with Crippen molar-refractivity contribution in [3.05, 3.63) is 45.6 Å². The Kier molecular flexibility index (Phi) is 3.52. The third-order valence-corrected chi connectivity index (χ3v) is 6.34. The first-order chi connectivity index (χ1) is 10.1. The number of fused-ring (bicyclic) bond motifs is 2. The molecule has 3 nitrogen and oxygen atoms in total. The Balaban J connectivity index is 2.67. The fraction of sp³-hybridized carbons (Fsp3) is 0.235. The van der Waals surface area contributed by atoms with Crippen molar-refractivity contribution in [1.29, 1.82) is 0 Å². The summed E-state index contributed by atoms with van der Waals surface area (Å²) in [6, 6.07) is 7.80. The predicted octanol–water partition coefficient (Wildman–Crippen LogP) is 3.04. The second-order valence-electron chi connectivity index (χ2n) is 4.95. The molecule has 0 unspecified atom stereocenters. The van der Waals surface area contributed by atoms with Gasteiger partial charge in [-0.15, -0.1) is 0 Å². The summed E-state index contributed by atoms with van der Waals surface area (Å²) in [5.41, 5.74) is 2.05. The topological polar surface area (TPSA) is 35.5 Å². The molecule has 1 heterocycles. The second-order valence-corrected chi connectivity index (χ2v) is 7.16. The quantitative estimate of drug-likeness (QED) is 0.528. The van der Waals surface area contributed by atoms with Crippen LogP contribution in [0, 0.1) is 13.8 Å². The van der Waals surface area contributed by atoms with Crippen LogP contribution >= 0.6 is 0 Å². The van der Waals surface area contributed by atoms with Gasteiger partial charge in [-0.25, -0.2) is 0 Å². The van der Waals surface area contributed by atoms with Crippen LogP contribution in [0.25, 0.3) is 19.3 Å². The van der Waals surface area contributed by atoms with Crippen molar-refractivity contribution in [2.75, 3.05) is 14.2 Å². The van der Waals surface area contributed by atoms with E-state index in [1.165, 1.54) is 0 Å². The van der Waals surface area contributed by atoms with Gasteiger partial charge in [-0.3, -0.25) is 0 Å². The van der Waals surface area contributed by atoms with Crippen LogP contribution in [-0.4, -0.2) is 28.7 Å². The SMILES string of the molecule is COc1c(C)c(C)c(OC)c2c(=O)c3ccccc3[se]c12. The molecule has 3 aromatic rings. The van der Waals surface area contributed by atoms with E-state index in [2.05, 4.69) is 0 Å². The summed E-state index contributed by atoms with van der Waals surface area (Å²) < 4.78 is 13.2. The number of methoxy groups -OCH3 is 2. The molecule has 0 spiro atoms. The summed E-state index contributed by atoms with van der Waals surface area (Å²) in [6.07, 6.45) is 0. The van der Waals surface area contributed by atoms with Gasteiger partial charge < -0.3 is 0 Å². The van der Waals surface area contributed by atoms with Crippen LogP contribution in [0.3, 0.4) is 0 Å². The summed E-state index contributed by atoms with van der Waals surface area (Å²) in [4.78, 5) is 12.9. The monoisotopic (exact) mass is 348 g/mol. The predicted molar refractivity (Wildman–Crippen MR) is 87.2 cm³/mol. The van der Waals surface area contributed by atoms with Crippen LogP contribution in [0.5, 0.6) is 11.5 Å². The van der Waals surface area contributed by atoms with Crippen molar-refractivity contribution >= 4 is 33.8 Å². The van der Waals surface area contributed by atoms with Gasteiger partial charge in [0.05, 0.1) is 0 Å². The molecule has 108 valence electrons. The van der Waals surface area contributed by atoms with Crippen molar-refractivity contribution in [3.63, 3.8) is 0 Å².